The van der Waals surface area contributed by atoms with Gasteiger partial charge in [0.25, 0.3) is 0 Å². The first kappa shape index (κ1) is 33.2. The van der Waals surface area contributed by atoms with Crippen molar-refractivity contribution in [3.05, 3.63) is 118 Å². The molecule has 0 unspecified atom stereocenters. The van der Waals surface area contributed by atoms with Crippen molar-refractivity contribution in [2.24, 2.45) is 0 Å². The highest BCUT2D eigenvalue weighted by Gasteiger charge is 2.32. The fourth-order valence-electron chi connectivity index (χ4n) is 6.65. The number of carbonyl (C=O) groups excluding carboxylic acids is 2. The van der Waals surface area contributed by atoms with Gasteiger partial charge in [0.05, 0.1) is 41.2 Å². The third kappa shape index (κ3) is 6.55. The summed E-state index contributed by atoms with van der Waals surface area (Å²) in [4.78, 5) is 34.6. The molecule has 8 nitrogen and oxygen atoms in total. The molecular weight excluding hydrogens is 655 g/mol. The molecular formula is C40H30F3N5O3. The Morgan fingerprint density at radius 3 is 2.04 bits per heavy atom. The number of benzene rings is 4. The van der Waals surface area contributed by atoms with Gasteiger partial charge in [0.2, 0.25) is 18.4 Å². The van der Waals surface area contributed by atoms with E-state index >= 15 is 0 Å². The van der Waals surface area contributed by atoms with Gasteiger partial charge in [-0.2, -0.15) is 13.2 Å². The van der Waals surface area contributed by atoms with Gasteiger partial charge < -0.3 is 30.6 Å². The quantitative estimate of drug-likeness (QED) is 0.0947. The number of H-pyrrole nitrogens is 2. The van der Waals surface area contributed by atoms with Crippen LogP contribution in [0.25, 0.3) is 49.2 Å². The van der Waals surface area contributed by atoms with E-state index in [-0.39, 0.29) is 24.8 Å². The predicted octanol–water partition coefficient (Wildman–Crippen LogP) is 7.79. The van der Waals surface area contributed by atoms with Crippen molar-refractivity contribution in [3.63, 3.8) is 0 Å². The number of carbonyl (C=O) groups is 2. The first-order chi connectivity index (χ1) is 24.5. The standard InChI is InChI=1S/C20H14F3N3O.C20H16N2O2/c1-24-7-6-11-2-4-17-15(8-11)19-14(10-18(27)25-17)13-9-12(20(21,22)23)3-5-16(13)26-19;1-12-4-6-17-14(9-12)15-11-19(24)21-18-7-5-13(3-2-8-23)10-16(18)20(15)22-17/h2-5,8-9,26H,6-7,10H2,(H,25,27);4-7,9-10,22-23H,8,11H2,1H3,(H,21,24). The zero-order chi connectivity index (χ0) is 35.9. The number of hydrogen-bond acceptors (Lipinski definition) is 3. The monoisotopic (exact) mass is 685 g/mol. The molecule has 0 aliphatic carbocycles. The molecule has 5 N–H and O–H groups in total. The van der Waals surface area contributed by atoms with E-state index in [1.807, 2.05) is 43.3 Å². The highest BCUT2D eigenvalue weighted by Crippen LogP contribution is 2.41. The predicted molar refractivity (Wildman–Crippen MR) is 191 cm³/mol. The van der Waals surface area contributed by atoms with Gasteiger partial charge in [-0.1, -0.05) is 29.5 Å². The smallest absolute Gasteiger partial charge is 0.384 e. The molecule has 51 heavy (non-hydrogen) atoms. The van der Waals surface area contributed by atoms with Crippen LogP contribution < -0.4 is 10.6 Å². The summed E-state index contributed by atoms with van der Waals surface area (Å²) in [5.41, 5.74) is 9.93. The summed E-state index contributed by atoms with van der Waals surface area (Å²) in [6.45, 7) is 9.15. The SMILES string of the molecule is Cc1ccc2[nH]c3c(c2c1)CC(=O)Nc1ccc(C#CCO)cc1-3.[C-]#[N+]CCc1ccc2c(c1)-c1[nH]c3ccc(C(F)(F)F)cc3c1CC(=O)N2. The number of aliphatic hydroxyl groups is 1. The molecule has 0 fully saturated rings. The van der Waals surface area contributed by atoms with Crippen molar-refractivity contribution < 1.29 is 27.9 Å². The summed E-state index contributed by atoms with van der Waals surface area (Å²) in [6, 6.07) is 20.9. The minimum Gasteiger partial charge on any atom is -0.384 e. The van der Waals surface area contributed by atoms with Gasteiger partial charge in [-0.3, -0.25) is 9.59 Å². The maximum atomic E-state index is 13.1. The molecule has 0 radical (unpaired) electrons. The number of nitrogens with one attached hydrogen (secondary N) is 4. The average Bonchev–Trinajstić information content (AvgIpc) is 3.54. The molecule has 2 aromatic heterocycles. The Hall–Kier alpha value is -6.30. The number of amides is 2. The Kier molecular flexibility index (Phi) is 8.59. The van der Waals surface area contributed by atoms with Crippen LogP contribution in [0.1, 0.15) is 33.4 Å². The molecule has 0 saturated heterocycles. The Labute approximate surface area is 290 Å². The minimum absolute atomic E-state index is 0.0112. The van der Waals surface area contributed by atoms with Crippen molar-refractivity contribution in [2.75, 3.05) is 23.8 Å². The molecule has 2 aliphatic heterocycles. The number of aryl methyl sites for hydroxylation is 1. The first-order valence-corrected chi connectivity index (χ1v) is 16.2. The van der Waals surface area contributed by atoms with Crippen molar-refractivity contribution in [1.29, 1.82) is 0 Å². The molecule has 2 amide bonds. The van der Waals surface area contributed by atoms with Gasteiger partial charge in [0.1, 0.15) is 6.61 Å². The molecule has 4 aromatic carbocycles. The van der Waals surface area contributed by atoms with E-state index in [2.05, 4.69) is 49.4 Å². The molecule has 11 heteroatoms. The molecule has 2 aliphatic rings. The van der Waals surface area contributed by atoms with Crippen LogP contribution in [0, 0.1) is 25.3 Å². The lowest BCUT2D eigenvalue weighted by molar-refractivity contribution is -0.137. The number of hydrogen-bond donors (Lipinski definition) is 5. The summed E-state index contributed by atoms with van der Waals surface area (Å²) < 4.78 is 39.3. The fourth-order valence-corrected chi connectivity index (χ4v) is 6.65. The zero-order valence-electron chi connectivity index (χ0n) is 27.3. The Bertz CT molecular complexity index is 2490. The molecule has 6 aromatic rings. The number of aromatic nitrogens is 2. The number of halogens is 3. The number of alkyl halides is 3. The molecule has 0 spiro atoms. The normalized spacial score (nSPS) is 13.1. The summed E-state index contributed by atoms with van der Waals surface area (Å²) in [5, 5.41) is 16.1. The van der Waals surface area contributed by atoms with Crippen LogP contribution in [0.15, 0.2) is 72.8 Å². The van der Waals surface area contributed by atoms with Crippen LogP contribution in [-0.4, -0.2) is 40.0 Å². The van der Waals surface area contributed by atoms with E-state index in [4.69, 9.17) is 11.7 Å². The van der Waals surface area contributed by atoms with Gasteiger partial charge in [-0.05, 0) is 84.3 Å². The summed E-state index contributed by atoms with van der Waals surface area (Å²) >= 11 is 0. The Morgan fingerprint density at radius 2 is 1.41 bits per heavy atom. The highest BCUT2D eigenvalue weighted by atomic mass is 19.4. The lowest BCUT2D eigenvalue weighted by atomic mass is 9.99. The second-order valence-electron chi connectivity index (χ2n) is 12.4. The lowest BCUT2D eigenvalue weighted by Crippen LogP contribution is -2.12. The van der Waals surface area contributed by atoms with E-state index in [0.717, 1.165) is 67.8 Å². The maximum Gasteiger partial charge on any atom is 0.416 e. The van der Waals surface area contributed by atoms with Crippen molar-refractivity contribution in [1.82, 2.24) is 9.97 Å². The lowest BCUT2D eigenvalue weighted by Gasteiger charge is -2.09. The van der Waals surface area contributed by atoms with Crippen molar-refractivity contribution in [2.45, 2.75) is 32.4 Å². The molecule has 0 saturated carbocycles. The molecule has 4 heterocycles. The van der Waals surface area contributed by atoms with Crippen LogP contribution in [-0.2, 0) is 35.0 Å². The van der Waals surface area contributed by atoms with Crippen molar-refractivity contribution >= 4 is 45.0 Å². The average molecular weight is 686 g/mol. The molecule has 0 bridgehead atoms. The van der Waals surface area contributed by atoms with Crippen molar-refractivity contribution in [3.8, 4) is 34.4 Å². The third-order valence-electron chi connectivity index (χ3n) is 8.98. The maximum absolute atomic E-state index is 13.1. The number of anilines is 2. The summed E-state index contributed by atoms with van der Waals surface area (Å²) in [5.74, 6) is 5.29. The third-order valence-corrected chi connectivity index (χ3v) is 8.98. The van der Waals surface area contributed by atoms with Gasteiger partial charge in [0, 0.05) is 44.9 Å². The van der Waals surface area contributed by atoms with E-state index < -0.39 is 11.7 Å². The molecule has 8 rings (SSSR count). The van der Waals surface area contributed by atoms with Gasteiger partial charge >= 0.3 is 6.18 Å². The number of aliphatic hydroxyl groups excluding tert-OH is 1. The van der Waals surface area contributed by atoms with Gasteiger partial charge in [0.15, 0.2) is 0 Å². The Morgan fingerprint density at radius 1 is 0.804 bits per heavy atom. The van der Waals surface area contributed by atoms with E-state index in [0.29, 0.717) is 47.2 Å². The second kappa shape index (κ2) is 13.2. The van der Waals surface area contributed by atoms with Crippen LogP contribution in [0.5, 0.6) is 0 Å². The first-order valence-electron chi connectivity index (χ1n) is 16.2. The topological polar surface area (TPSA) is 114 Å². The van der Waals surface area contributed by atoms with E-state index in [1.165, 1.54) is 6.07 Å². The molecule has 254 valence electrons. The van der Waals surface area contributed by atoms with Crippen LogP contribution in [0.3, 0.4) is 0 Å². The fraction of sp³-hybridized carbons (Fsp3) is 0.175. The minimum atomic E-state index is -4.45. The zero-order valence-corrected chi connectivity index (χ0v) is 27.3. The van der Waals surface area contributed by atoms with E-state index in [9.17, 15) is 22.8 Å². The highest BCUT2D eigenvalue weighted by molar-refractivity contribution is 6.06. The molecule has 0 atom stereocenters. The van der Waals surface area contributed by atoms with Gasteiger partial charge in [-0.25, -0.2) is 6.57 Å². The van der Waals surface area contributed by atoms with Crippen LogP contribution in [0.4, 0.5) is 24.5 Å². The number of rotatable bonds is 2. The number of fused-ring (bicyclic) bond motifs is 10. The van der Waals surface area contributed by atoms with Crippen LogP contribution >= 0.6 is 0 Å². The second-order valence-corrected chi connectivity index (χ2v) is 12.4. The van der Waals surface area contributed by atoms with Gasteiger partial charge in [-0.15, -0.1) is 0 Å². The number of aromatic amines is 2. The summed E-state index contributed by atoms with van der Waals surface area (Å²) in [6.07, 6.45) is -3.55. The Balaban J connectivity index is 0.000000160. The van der Waals surface area contributed by atoms with Crippen LogP contribution in [0.2, 0.25) is 0 Å². The largest absolute Gasteiger partial charge is 0.416 e. The van der Waals surface area contributed by atoms with E-state index in [1.54, 1.807) is 6.07 Å². The number of nitrogens with zero attached hydrogens (tertiary/aromatic N) is 1. The summed E-state index contributed by atoms with van der Waals surface area (Å²) in [7, 11) is 0.